The minimum absolute atomic E-state index is 0.225. The fourth-order valence-electron chi connectivity index (χ4n) is 3.32. The molecule has 3 nitrogen and oxygen atoms in total. The molecule has 2 rings (SSSR count). The summed E-state index contributed by atoms with van der Waals surface area (Å²) in [5.74, 6) is 6.80. The molecule has 0 spiro atoms. The Labute approximate surface area is 122 Å². The fourth-order valence-corrected chi connectivity index (χ4v) is 3.32. The van der Waals surface area contributed by atoms with Gasteiger partial charge in [-0.05, 0) is 42.4 Å². The molecule has 1 saturated carbocycles. The smallest absolute Gasteiger partial charge is 0.119 e. The first-order valence-corrected chi connectivity index (χ1v) is 7.88. The van der Waals surface area contributed by atoms with Crippen LogP contribution in [0.2, 0.25) is 0 Å². The van der Waals surface area contributed by atoms with Crippen molar-refractivity contribution in [2.75, 3.05) is 6.61 Å². The van der Waals surface area contributed by atoms with Gasteiger partial charge in [-0.2, -0.15) is 0 Å². The number of rotatable bonds is 6. The third kappa shape index (κ3) is 3.53. The zero-order valence-electron chi connectivity index (χ0n) is 12.8. The molecule has 0 radical (unpaired) electrons. The predicted molar refractivity (Wildman–Crippen MR) is 83.5 cm³/mol. The van der Waals surface area contributed by atoms with Gasteiger partial charge in [-0.15, -0.1) is 0 Å². The van der Waals surface area contributed by atoms with E-state index in [4.69, 9.17) is 10.6 Å². The van der Waals surface area contributed by atoms with Gasteiger partial charge in [-0.3, -0.25) is 11.3 Å². The van der Waals surface area contributed by atoms with Crippen LogP contribution in [0.3, 0.4) is 0 Å². The molecule has 0 amide bonds. The average Bonchev–Trinajstić information content (AvgIpc) is 2.47. The Kier molecular flexibility index (Phi) is 5.44. The van der Waals surface area contributed by atoms with Crippen molar-refractivity contribution in [1.82, 2.24) is 5.43 Å². The number of ether oxygens (including phenoxy) is 1. The van der Waals surface area contributed by atoms with Gasteiger partial charge in [-0.25, -0.2) is 0 Å². The lowest BCUT2D eigenvalue weighted by Gasteiger charge is -2.40. The van der Waals surface area contributed by atoms with E-state index in [0.29, 0.717) is 0 Å². The van der Waals surface area contributed by atoms with Crippen LogP contribution >= 0.6 is 0 Å². The molecule has 112 valence electrons. The lowest BCUT2D eigenvalue weighted by molar-refractivity contribution is 0.145. The van der Waals surface area contributed by atoms with Crippen LogP contribution in [0.4, 0.5) is 0 Å². The van der Waals surface area contributed by atoms with Crippen LogP contribution in [0.5, 0.6) is 5.75 Å². The van der Waals surface area contributed by atoms with Gasteiger partial charge in [0.1, 0.15) is 5.75 Å². The highest BCUT2D eigenvalue weighted by atomic mass is 16.5. The molecule has 1 atom stereocenters. The third-order valence-corrected chi connectivity index (χ3v) is 4.55. The van der Waals surface area contributed by atoms with Crippen molar-refractivity contribution in [3.05, 3.63) is 29.8 Å². The highest BCUT2D eigenvalue weighted by molar-refractivity contribution is 5.30. The normalized spacial score (nSPS) is 19.6. The van der Waals surface area contributed by atoms with Crippen LogP contribution in [0.25, 0.3) is 0 Å². The molecule has 1 aliphatic carbocycles. The minimum atomic E-state index is 0.225. The molecular weight excluding hydrogens is 248 g/mol. The quantitative estimate of drug-likeness (QED) is 0.611. The number of benzene rings is 1. The first kappa shape index (κ1) is 15.3. The van der Waals surface area contributed by atoms with Crippen LogP contribution in [0.15, 0.2) is 24.3 Å². The van der Waals surface area contributed by atoms with Gasteiger partial charge in [0.05, 0.1) is 12.6 Å². The van der Waals surface area contributed by atoms with Crippen LogP contribution in [-0.2, 0) is 0 Å². The van der Waals surface area contributed by atoms with Crippen molar-refractivity contribution in [3.63, 3.8) is 0 Å². The van der Waals surface area contributed by atoms with Crippen LogP contribution < -0.4 is 16.0 Å². The standard InChI is InChI=1S/C17H28N2O/c1-3-13-20-15-9-7-14(8-10-15)16(19-18)17(2)11-5-4-6-12-17/h7-10,16,19H,3-6,11-13,18H2,1-2H3. The molecule has 1 unspecified atom stereocenters. The highest BCUT2D eigenvalue weighted by Crippen LogP contribution is 2.45. The molecule has 0 aromatic heterocycles. The van der Waals surface area contributed by atoms with Crippen molar-refractivity contribution in [2.45, 2.75) is 58.4 Å². The van der Waals surface area contributed by atoms with E-state index >= 15 is 0 Å². The predicted octanol–water partition coefficient (Wildman–Crippen LogP) is 3.95. The fraction of sp³-hybridized carbons (Fsp3) is 0.647. The summed E-state index contributed by atoms with van der Waals surface area (Å²) < 4.78 is 5.64. The summed E-state index contributed by atoms with van der Waals surface area (Å²) in [5, 5.41) is 0. The zero-order chi connectivity index (χ0) is 14.4. The number of hydrazine groups is 1. The Morgan fingerprint density at radius 2 is 1.85 bits per heavy atom. The maximum atomic E-state index is 5.86. The van der Waals surface area contributed by atoms with Gasteiger partial charge in [-0.1, -0.05) is 45.2 Å². The lowest BCUT2D eigenvalue weighted by atomic mass is 9.69. The largest absolute Gasteiger partial charge is 0.494 e. The van der Waals surface area contributed by atoms with E-state index in [-0.39, 0.29) is 11.5 Å². The summed E-state index contributed by atoms with van der Waals surface area (Å²) in [6.07, 6.45) is 7.51. The molecule has 0 saturated heterocycles. The average molecular weight is 276 g/mol. The van der Waals surface area contributed by atoms with Crippen molar-refractivity contribution in [2.24, 2.45) is 11.3 Å². The lowest BCUT2D eigenvalue weighted by Crippen LogP contribution is -2.41. The van der Waals surface area contributed by atoms with E-state index in [1.165, 1.54) is 37.7 Å². The minimum Gasteiger partial charge on any atom is -0.494 e. The third-order valence-electron chi connectivity index (χ3n) is 4.55. The van der Waals surface area contributed by atoms with E-state index < -0.39 is 0 Å². The molecule has 3 heteroatoms. The zero-order valence-corrected chi connectivity index (χ0v) is 12.8. The molecule has 0 heterocycles. The van der Waals surface area contributed by atoms with E-state index in [1.54, 1.807) is 0 Å². The van der Waals surface area contributed by atoms with Crippen LogP contribution in [0.1, 0.15) is 64.0 Å². The molecule has 0 aliphatic heterocycles. The molecule has 3 N–H and O–H groups in total. The van der Waals surface area contributed by atoms with E-state index in [0.717, 1.165) is 18.8 Å². The molecule has 1 aromatic rings. The topological polar surface area (TPSA) is 47.3 Å². The van der Waals surface area contributed by atoms with Crippen molar-refractivity contribution in [3.8, 4) is 5.75 Å². The van der Waals surface area contributed by atoms with E-state index in [2.05, 4.69) is 43.5 Å². The second-order valence-electron chi connectivity index (χ2n) is 6.23. The first-order valence-electron chi connectivity index (χ1n) is 7.88. The maximum Gasteiger partial charge on any atom is 0.119 e. The van der Waals surface area contributed by atoms with Gasteiger partial charge in [0.25, 0.3) is 0 Å². The summed E-state index contributed by atoms with van der Waals surface area (Å²) in [6, 6.07) is 8.64. The Morgan fingerprint density at radius 3 is 2.40 bits per heavy atom. The number of nitrogens with one attached hydrogen (secondary N) is 1. The summed E-state index contributed by atoms with van der Waals surface area (Å²) in [5.41, 5.74) is 4.58. The van der Waals surface area contributed by atoms with Crippen molar-refractivity contribution < 1.29 is 4.74 Å². The maximum absolute atomic E-state index is 5.86. The highest BCUT2D eigenvalue weighted by Gasteiger charge is 2.35. The molecule has 1 fully saturated rings. The molecule has 1 aliphatic rings. The van der Waals surface area contributed by atoms with E-state index in [1.807, 2.05) is 0 Å². The van der Waals surface area contributed by atoms with Crippen LogP contribution in [0, 0.1) is 5.41 Å². The van der Waals surface area contributed by atoms with Gasteiger partial charge in [0.15, 0.2) is 0 Å². The van der Waals surface area contributed by atoms with Crippen molar-refractivity contribution in [1.29, 1.82) is 0 Å². The number of nitrogens with two attached hydrogens (primary N) is 1. The van der Waals surface area contributed by atoms with Crippen LogP contribution in [-0.4, -0.2) is 6.61 Å². The Bertz CT molecular complexity index is 396. The summed E-state index contributed by atoms with van der Waals surface area (Å²) >= 11 is 0. The summed E-state index contributed by atoms with van der Waals surface area (Å²) in [6.45, 7) is 5.25. The molecule has 1 aromatic carbocycles. The summed E-state index contributed by atoms with van der Waals surface area (Å²) in [7, 11) is 0. The van der Waals surface area contributed by atoms with E-state index in [9.17, 15) is 0 Å². The Morgan fingerprint density at radius 1 is 1.20 bits per heavy atom. The molecule has 0 bridgehead atoms. The first-order chi connectivity index (χ1) is 9.69. The molecule has 20 heavy (non-hydrogen) atoms. The van der Waals surface area contributed by atoms with Gasteiger partial charge in [0.2, 0.25) is 0 Å². The van der Waals surface area contributed by atoms with Gasteiger partial charge >= 0.3 is 0 Å². The Balaban J connectivity index is 2.10. The van der Waals surface area contributed by atoms with Gasteiger partial charge < -0.3 is 4.74 Å². The number of hydrogen-bond donors (Lipinski definition) is 2. The Hall–Kier alpha value is -1.06. The van der Waals surface area contributed by atoms with Gasteiger partial charge in [0, 0.05) is 0 Å². The monoisotopic (exact) mass is 276 g/mol. The molecular formula is C17H28N2O. The second kappa shape index (κ2) is 7.09. The SMILES string of the molecule is CCCOc1ccc(C(NN)C2(C)CCCCC2)cc1. The van der Waals surface area contributed by atoms with Crippen molar-refractivity contribution >= 4 is 0 Å². The summed E-state index contributed by atoms with van der Waals surface area (Å²) in [4.78, 5) is 0. The number of hydrogen-bond acceptors (Lipinski definition) is 3. The second-order valence-corrected chi connectivity index (χ2v) is 6.23.